The highest BCUT2D eigenvalue weighted by molar-refractivity contribution is 7.98. The molecule has 0 bridgehead atoms. The van der Waals surface area contributed by atoms with Gasteiger partial charge in [0.25, 0.3) is 0 Å². The Kier molecular flexibility index (Phi) is 4.93. The zero-order valence-corrected chi connectivity index (χ0v) is 13.9. The molecule has 1 heterocycles. The van der Waals surface area contributed by atoms with E-state index in [0.29, 0.717) is 5.82 Å². The molecule has 2 aromatic carbocycles. The van der Waals surface area contributed by atoms with Gasteiger partial charge in [0.2, 0.25) is 0 Å². The van der Waals surface area contributed by atoms with Gasteiger partial charge in [0.1, 0.15) is 5.82 Å². The zero-order chi connectivity index (χ0) is 16.1. The molecule has 0 aliphatic rings. The normalized spacial score (nSPS) is 10.7. The number of nitrogens with zero attached hydrogens (tertiary/aromatic N) is 2. The number of nitrogens with two attached hydrogens (primary N) is 1. The van der Waals surface area contributed by atoms with Crippen LogP contribution in [0.3, 0.4) is 0 Å². The molecule has 0 amide bonds. The lowest BCUT2D eigenvalue weighted by molar-refractivity contribution is 0.909. The minimum Gasteiger partial charge on any atom is -0.384 e. The van der Waals surface area contributed by atoms with Crippen molar-refractivity contribution in [2.24, 2.45) is 0 Å². The standard InChI is InChI=1S/C19H19N3S/c1-14-6-5-9-16(10-14)13-23-19-21-17(12-18(20)22-19)11-15-7-3-2-4-8-15/h2-10,12H,11,13H2,1H3,(H2,20,21,22). The molecule has 2 N–H and O–H groups in total. The number of hydrogen-bond acceptors (Lipinski definition) is 4. The Hall–Kier alpha value is -2.33. The maximum atomic E-state index is 5.94. The van der Waals surface area contributed by atoms with Gasteiger partial charge >= 0.3 is 0 Å². The van der Waals surface area contributed by atoms with Crippen molar-refractivity contribution < 1.29 is 0 Å². The van der Waals surface area contributed by atoms with E-state index in [1.54, 1.807) is 11.8 Å². The van der Waals surface area contributed by atoms with E-state index in [4.69, 9.17) is 5.73 Å². The number of aryl methyl sites for hydroxylation is 1. The van der Waals surface area contributed by atoms with E-state index < -0.39 is 0 Å². The number of aromatic nitrogens is 2. The van der Waals surface area contributed by atoms with Crippen LogP contribution in [0.15, 0.2) is 65.8 Å². The highest BCUT2D eigenvalue weighted by atomic mass is 32.2. The average Bonchev–Trinajstić information content (AvgIpc) is 2.53. The van der Waals surface area contributed by atoms with Crippen molar-refractivity contribution in [2.45, 2.75) is 24.3 Å². The predicted octanol–water partition coefficient (Wildman–Crippen LogP) is 4.25. The van der Waals surface area contributed by atoms with Gasteiger partial charge < -0.3 is 5.73 Å². The van der Waals surface area contributed by atoms with Crippen molar-refractivity contribution in [2.75, 3.05) is 5.73 Å². The Morgan fingerprint density at radius 3 is 2.48 bits per heavy atom. The first-order valence-electron chi connectivity index (χ1n) is 7.55. The summed E-state index contributed by atoms with van der Waals surface area (Å²) in [7, 11) is 0. The van der Waals surface area contributed by atoms with Crippen LogP contribution in [0.1, 0.15) is 22.4 Å². The van der Waals surface area contributed by atoms with Gasteiger partial charge in [-0.3, -0.25) is 0 Å². The van der Waals surface area contributed by atoms with E-state index in [0.717, 1.165) is 23.0 Å². The summed E-state index contributed by atoms with van der Waals surface area (Å²) in [5, 5.41) is 0.734. The summed E-state index contributed by atoms with van der Waals surface area (Å²) in [5.74, 6) is 1.37. The third-order valence-electron chi connectivity index (χ3n) is 3.46. The Balaban J connectivity index is 1.72. The molecule has 3 nitrogen and oxygen atoms in total. The lowest BCUT2D eigenvalue weighted by Crippen LogP contribution is -2.00. The molecule has 0 radical (unpaired) electrons. The van der Waals surface area contributed by atoms with E-state index in [2.05, 4.69) is 53.3 Å². The Bertz CT molecular complexity index is 788. The van der Waals surface area contributed by atoms with Crippen LogP contribution in [0.2, 0.25) is 0 Å². The molecular weight excluding hydrogens is 302 g/mol. The summed E-state index contributed by atoms with van der Waals surface area (Å²) in [6, 6.07) is 20.6. The van der Waals surface area contributed by atoms with Crippen LogP contribution in [0.5, 0.6) is 0 Å². The van der Waals surface area contributed by atoms with Crippen molar-refractivity contribution >= 4 is 17.6 Å². The summed E-state index contributed by atoms with van der Waals surface area (Å²) >= 11 is 1.62. The molecule has 0 aliphatic carbocycles. The fraction of sp³-hybridized carbons (Fsp3) is 0.158. The first-order valence-corrected chi connectivity index (χ1v) is 8.53. The fourth-order valence-corrected chi connectivity index (χ4v) is 3.23. The molecule has 0 atom stereocenters. The van der Waals surface area contributed by atoms with Crippen LogP contribution >= 0.6 is 11.8 Å². The minimum absolute atomic E-state index is 0.526. The van der Waals surface area contributed by atoms with Crippen molar-refractivity contribution in [1.29, 1.82) is 0 Å². The van der Waals surface area contributed by atoms with Gasteiger partial charge in [-0.25, -0.2) is 9.97 Å². The highest BCUT2D eigenvalue weighted by Gasteiger charge is 2.05. The van der Waals surface area contributed by atoms with Gasteiger partial charge in [-0.15, -0.1) is 0 Å². The number of hydrogen-bond donors (Lipinski definition) is 1. The van der Waals surface area contributed by atoms with Gasteiger partial charge in [0, 0.05) is 18.2 Å². The maximum absolute atomic E-state index is 5.94. The summed E-state index contributed by atoms with van der Waals surface area (Å²) in [6.07, 6.45) is 0.769. The third kappa shape index (κ3) is 4.57. The molecule has 0 spiro atoms. The summed E-state index contributed by atoms with van der Waals surface area (Å²) in [6.45, 7) is 2.10. The molecule has 4 heteroatoms. The molecule has 0 saturated carbocycles. The first kappa shape index (κ1) is 15.6. The number of anilines is 1. The fourth-order valence-electron chi connectivity index (χ4n) is 2.40. The number of thioether (sulfide) groups is 1. The average molecular weight is 321 g/mol. The van der Waals surface area contributed by atoms with Gasteiger partial charge in [0.05, 0.1) is 5.69 Å². The van der Waals surface area contributed by atoms with Crippen LogP contribution in [0.25, 0.3) is 0 Å². The first-order chi connectivity index (χ1) is 11.2. The molecule has 116 valence electrons. The molecule has 1 aromatic heterocycles. The van der Waals surface area contributed by atoms with E-state index in [-0.39, 0.29) is 0 Å². The van der Waals surface area contributed by atoms with Crippen molar-refractivity contribution in [3.8, 4) is 0 Å². The van der Waals surface area contributed by atoms with Crippen molar-refractivity contribution in [1.82, 2.24) is 9.97 Å². The smallest absolute Gasteiger partial charge is 0.190 e. The minimum atomic E-state index is 0.526. The number of benzene rings is 2. The third-order valence-corrected chi connectivity index (χ3v) is 4.38. The van der Waals surface area contributed by atoms with E-state index in [9.17, 15) is 0 Å². The quantitative estimate of drug-likeness (QED) is 0.564. The van der Waals surface area contributed by atoms with Crippen LogP contribution in [-0.4, -0.2) is 9.97 Å². The Morgan fingerprint density at radius 2 is 1.70 bits per heavy atom. The van der Waals surface area contributed by atoms with Crippen LogP contribution in [-0.2, 0) is 12.2 Å². The van der Waals surface area contributed by atoms with Crippen LogP contribution in [0.4, 0.5) is 5.82 Å². The molecule has 0 aliphatic heterocycles. The van der Waals surface area contributed by atoms with Gasteiger partial charge in [0.15, 0.2) is 5.16 Å². The lowest BCUT2D eigenvalue weighted by atomic mass is 10.1. The molecule has 23 heavy (non-hydrogen) atoms. The van der Waals surface area contributed by atoms with E-state index in [1.807, 2.05) is 24.3 Å². The predicted molar refractivity (Wildman–Crippen MR) is 96.4 cm³/mol. The lowest BCUT2D eigenvalue weighted by Gasteiger charge is -2.06. The van der Waals surface area contributed by atoms with Gasteiger partial charge in [-0.05, 0) is 18.1 Å². The molecular formula is C19H19N3S. The number of rotatable bonds is 5. The van der Waals surface area contributed by atoms with Gasteiger partial charge in [-0.1, -0.05) is 71.9 Å². The maximum Gasteiger partial charge on any atom is 0.190 e. The highest BCUT2D eigenvalue weighted by Crippen LogP contribution is 2.22. The summed E-state index contributed by atoms with van der Waals surface area (Å²) < 4.78 is 0. The molecule has 0 fully saturated rings. The van der Waals surface area contributed by atoms with Crippen molar-refractivity contribution in [3.05, 3.63) is 83.0 Å². The van der Waals surface area contributed by atoms with Gasteiger partial charge in [-0.2, -0.15) is 0 Å². The molecule has 3 aromatic rings. The second-order valence-electron chi connectivity index (χ2n) is 5.51. The Morgan fingerprint density at radius 1 is 0.913 bits per heavy atom. The SMILES string of the molecule is Cc1cccc(CSc2nc(N)cc(Cc3ccccc3)n2)c1. The second-order valence-corrected chi connectivity index (χ2v) is 6.45. The Labute approximate surface area is 141 Å². The van der Waals surface area contributed by atoms with E-state index in [1.165, 1.54) is 16.7 Å². The summed E-state index contributed by atoms with van der Waals surface area (Å²) in [5.41, 5.74) is 10.7. The monoisotopic (exact) mass is 321 g/mol. The second kappa shape index (κ2) is 7.29. The molecule has 3 rings (SSSR count). The molecule has 0 unspecified atom stereocenters. The summed E-state index contributed by atoms with van der Waals surface area (Å²) in [4.78, 5) is 8.98. The zero-order valence-electron chi connectivity index (χ0n) is 13.1. The van der Waals surface area contributed by atoms with Crippen molar-refractivity contribution in [3.63, 3.8) is 0 Å². The molecule has 0 saturated heterocycles. The van der Waals surface area contributed by atoms with Crippen LogP contribution < -0.4 is 5.73 Å². The van der Waals surface area contributed by atoms with E-state index >= 15 is 0 Å². The number of nitrogen functional groups attached to an aromatic ring is 1. The topological polar surface area (TPSA) is 51.8 Å². The van der Waals surface area contributed by atoms with Crippen LogP contribution in [0, 0.1) is 6.92 Å². The largest absolute Gasteiger partial charge is 0.384 e.